The Hall–Kier alpha value is -2.67. The van der Waals surface area contributed by atoms with Gasteiger partial charge < -0.3 is 10.0 Å². The summed E-state index contributed by atoms with van der Waals surface area (Å²) in [5.41, 5.74) is 2.62. The van der Waals surface area contributed by atoms with Crippen LogP contribution in [0.5, 0.6) is 0 Å². The highest BCUT2D eigenvalue weighted by molar-refractivity contribution is 7.90. The van der Waals surface area contributed by atoms with Crippen LogP contribution in [0.4, 0.5) is 0 Å². The van der Waals surface area contributed by atoms with Gasteiger partial charge in [-0.25, -0.2) is 13.2 Å². The van der Waals surface area contributed by atoms with Crippen molar-refractivity contribution in [3.8, 4) is 0 Å². The number of hydrogen-bond donors (Lipinski definition) is 1. The Labute approximate surface area is 158 Å². The quantitative estimate of drug-likeness (QED) is 0.869. The number of nitrogens with zero attached hydrogens (tertiary/aromatic N) is 1. The molecule has 0 bridgehead atoms. The average molecular weight is 387 g/mol. The molecule has 27 heavy (non-hydrogen) atoms. The van der Waals surface area contributed by atoms with Crippen molar-refractivity contribution in [2.75, 3.05) is 6.26 Å². The Morgan fingerprint density at radius 3 is 2.41 bits per heavy atom. The van der Waals surface area contributed by atoms with Crippen molar-refractivity contribution in [2.24, 2.45) is 0 Å². The summed E-state index contributed by atoms with van der Waals surface area (Å²) in [5.74, 6) is -1.56. The number of aliphatic carboxylic acids is 1. The van der Waals surface area contributed by atoms with Gasteiger partial charge in [0, 0.05) is 24.8 Å². The fourth-order valence-corrected chi connectivity index (χ4v) is 4.48. The van der Waals surface area contributed by atoms with Crippen LogP contribution in [0.2, 0.25) is 0 Å². The normalized spacial score (nSPS) is 16.7. The van der Waals surface area contributed by atoms with Crippen LogP contribution in [0, 0.1) is 0 Å². The number of carboxylic acids is 1. The van der Waals surface area contributed by atoms with Gasteiger partial charge in [0.05, 0.1) is 4.90 Å². The number of amides is 1. The predicted octanol–water partition coefficient (Wildman–Crippen LogP) is 2.30. The van der Waals surface area contributed by atoms with Crippen molar-refractivity contribution < 1.29 is 23.1 Å². The number of fused-ring (bicyclic) bond motifs is 1. The highest BCUT2D eigenvalue weighted by Gasteiger charge is 2.35. The Morgan fingerprint density at radius 2 is 1.81 bits per heavy atom. The molecule has 0 saturated heterocycles. The molecule has 3 rings (SSSR count). The van der Waals surface area contributed by atoms with Gasteiger partial charge in [-0.05, 0) is 35.2 Å². The van der Waals surface area contributed by atoms with Crippen LogP contribution < -0.4 is 0 Å². The number of carboxylic acid groups (broad SMARTS) is 1. The molecule has 0 aliphatic carbocycles. The molecular weight excluding hydrogens is 366 g/mol. The van der Waals surface area contributed by atoms with Crippen LogP contribution in [0.1, 0.15) is 34.0 Å². The molecule has 1 amide bonds. The van der Waals surface area contributed by atoms with E-state index in [-0.39, 0.29) is 23.4 Å². The fraction of sp³-hybridized carbons (Fsp3) is 0.300. The molecular formula is C20H21NO5S. The second kappa shape index (κ2) is 7.15. The number of carbonyl (C=O) groups excluding carboxylic acids is 1. The molecule has 1 atom stereocenters. The van der Waals surface area contributed by atoms with Crippen LogP contribution in [0.15, 0.2) is 47.4 Å². The first-order valence-corrected chi connectivity index (χ1v) is 10.5. The van der Waals surface area contributed by atoms with Crippen molar-refractivity contribution in [3.63, 3.8) is 0 Å². The van der Waals surface area contributed by atoms with Crippen molar-refractivity contribution in [1.29, 1.82) is 0 Å². The maximum atomic E-state index is 13.1. The lowest BCUT2D eigenvalue weighted by atomic mass is 9.93. The summed E-state index contributed by atoms with van der Waals surface area (Å²) in [7, 11) is -3.50. The summed E-state index contributed by atoms with van der Waals surface area (Å²) in [6.07, 6.45) is 1.85. The molecule has 1 unspecified atom stereocenters. The number of rotatable bonds is 4. The van der Waals surface area contributed by atoms with E-state index >= 15 is 0 Å². The maximum absolute atomic E-state index is 13.1. The Morgan fingerprint density at radius 1 is 1.15 bits per heavy atom. The summed E-state index contributed by atoms with van der Waals surface area (Å²) < 4.78 is 24.2. The van der Waals surface area contributed by atoms with Crippen LogP contribution in [0.25, 0.3) is 0 Å². The number of hydrogen-bond acceptors (Lipinski definition) is 4. The highest BCUT2D eigenvalue weighted by Crippen LogP contribution is 2.26. The minimum Gasteiger partial charge on any atom is -0.480 e. The van der Waals surface area contributed by atoms with E-state index < -0.39 is 27.8 Å². The third kappa shape index (κ3) is 3.73. The summed E-state index contributed by atoms with van der Waals surface area (Å²) in [6.45, 7) is 2.02. The van der Waals surface area contributed by atoms with Gasteiger partial charge in [-0.15, -0.1) is 0 Å². The third-order valence-corrected chi connectivity index (χ3v) is 6.07. The first-order chi connectivity index (χ1) is 12.7. The summed E-state index contributed by atoms with van der Waals surface area (Å²) in [6, 6.07) is 11.0. The second-order valence-corrected chi connectivity index (χ2v) is 8.69. The fourth-order valence-electron chi connectivity index (χ4n) is 3.45. The Kier molecular flexibility index (Phi) is 5.06. The zero-order valence-corrected chi connectivity index (χ0v) is 16.0. The molecule has 2 aromatic carbocycles. The number of aryl methyl sites for hydroxylation is 1. The molecule has 0 spiro atoms. The van der Waals surface area contributed by atoms with E-state index in [1.165, 1.54) is 11.0 Å². The topological polar surface area (TPSA) is 91.8 Å². The van der Waals surface area contributed by atoms with Gasteiger partial charge in [-0.1, -0.05) is 37.3 Å². The minimum absolute atomic E-state index is 0.111. The zero-order valence-electron chi connectivity index (χ0n) is 15.2. The van der Waals surface area contributed by atoms with Gasteiger partial charge in [0.2, 0.25) is 0 Å². The first-order valence-electron chi connectivity index (χ1n) is 8.66. The van der Waals surface area contributed by atoms with Crippen LogP contribution in [-0.4, -0.2) is 42.6 Å². The van der Waals surface area contributed by atoms with E-state index in [9.17, 15) is 23.1 Å². The monoisotopic (exact) mass is 387 g/mol. The molecule has 6 nitrogen and oxygen atoms in total. The van der Waals surface area contributed by atoms with Crippen LogP contribution in [0.3, 0.4) is 0 Å². The van der Waals surface area contributed by atoms with Crippen molar-refractivity contribution in [3.05, 3.63) is 64.7 Å². The SMILES string of the molecule is CCc1ccc(C(=O)N2Cc3ccccc3CC2C(=O)O)cc1S(C)(=O)=O. The molecule has 0 radical (unpaired) electrons. The molecule has 142 valence electrons. The van der Waals surface area contributed by atoms with E-state index in [1.54, 1.807) is 12.1 Å². The lowest BCUT2D eigenvalue weighted by Crippen LogP contribution is -2.48. The first kappa shape index (κ1) is 19.1. The smallest absolute Gasteiger partial charge is 0.326 e. The van der Waals surface area contributed by atoms with Gasteiger partial charge in [0.1, 0.15) is 6.04 Å². The Bertz CT molecular complexity index is 1010. The third-order valence-electron chi connectivity index (χ3n) is 4.89. The molecule has 1 heterocycles. The molecule has 0 aromatic heterocycles. The van der Waals surface area contributed by atoms with Gasteiger partial charge in [-0.3, -0.25) is 4.79 Å². The Balaban J connectivity index is 2.03. The number of sulfone groups is 1. The van der Waals surface area contributed by atoms with Gasteiger partial charge in [-0.2, -0.15) is 0 Å². The predicted molar refractivity (Wildman–Crippen MR) is 100 cm³/mol. The molecule has 2 aromatic rings. The van der Waals surface area contributed by atoms with Crippen molar-refractivity contribution in [2.45, 2.75) is 37.2 Å². The largest absolute Gasteiger partial charge is 0.480 e. The van der Waals surface area contributed by atoms with E-state index in [2.05, 4.69) is 0 Å². The van der Waals surface area contributed by atoms with Gasteiger partial charge in [0.25, 0.3) is 5.91 Å². The lowest BCUT2D eigenvalue weighted by molar-refractivity contribution is -0.142. The molecule has 1 aliphatic rings. The summed E-state index contributed by atoms with van der Waals surface area (Å²) in [4.78, 5) is 26.2. The van der Waals surface area contributed by atoms with E-state index in [4.69, 9.17) is 0 Å². The molecule has 0 fully saturated rings. The summed E-state index contributed by atoms with van der Waals surface area (Å²) in [5, 5.41) is 9.61. The van der Waals surface area contributed by atoms with Crippen LogP contribution >= 0.6 is 0 Å². The van der Waals surface area contributed by atoms with Gasteiger partial charge >= 0.3 is 5.97 Å². The van der Waals surface area contributed by atoms with E-state index in [1.807, 2.05) is 31.2 Å². The second-order valence-electron chi connectivity index (χ2n) is 6.71. The molecule has 0 saturated carbocycles. The average Bonchev–Trinajstić information content (AvgIpc) is 2.65. The maximum Gasteiger partial charge on any atom is 0.326 e. The van der Waals surface area contributed by atoms with Crippen LogP contribution in [-0.2, 0) is 34.0 Å². The summed E-state index contributed by atoms with van der Waals surface area (Å²) >= 11 is 0. The van der Waals surface area contributed by atoms with E-state index in [0.29, 0.717) is 12.0 Å². The number of benzene rings is 2. The number of carbonyl (C=O) groups is 2. The van der Waals surface area contributed by atoms with E-state index in [0.717, 1.165) is 17.4 Å². The highest BCUT2D eigenvalue weighted by atomic mass is 32.2. The lowest BCUT2D eigenvalue weighted by Gasteiger charge is -2.34. The van der Waals surface area contributed by atoms with Gasteiger partial charge in [0.15, 0.2) is 9.84 Å². The van der Waals surface area contributed by atoms with Crippen molar-refractivity contribution in [1.82, 2.24) is 4.90 Å². The van der Waals surface area contributed by atoms with Crippen molar-refractivity contribution >= 4 is 21.7 Å². The zero-order chi connectivity index (χ0) is 19.8. The minimum atomic E-state index is -3.50. The molecule has 7 heteroatoms. The molecule has 1 aliphatic heterocycles. The standard InChI is InChI=1S/C20H21NO5S/c1-3-13-8-9-15(11-18(13)27(2,25)26)19(22)21-12-16-7-5-4-6-14(16)10-17(21)20(23)24/h4-9,11,17H,3,10,12H2,1-2H3,(H,23,24). The molecule has 1 N–H and O–H groups in total.